The van der Waals surface area contributed by atoms with Crippen molar-refractivity contribution in [1.82, 2.24) is 4.57 Å². The molecule has 2 nitrogen and oxygen atoms in total. The molecule has 1 aromatic carbocycles. The van der Waals surface area contributed by atoms with Gasteiger partial charge in [0.25, 0.3) is 0 Å². The number of nitrogens with two attached hydrogens (primary N) is 1. The van der Waals surface area contributed by atoms with Gasteiger partial charge < -0.3 is 10.3 Å². The van der Waals surface area contributed by atoms with E-state index in [2.05, 4.69) is 63.5 Å². The van der Waals surface area contributed by atoms with Crippen LogP contribution in [0.25, 0.3) is 5.69 Å². The van der Waals surface area contributed by atoms with Gasteiger partial charge in [-0.05, 0) is 67.9 Å². The molecule has 0 saturated carbocycles. The summed E-state index contributed by atoms with van der Waals surface area (Å²) in [6, 6.07) is 9.13. The third-order valence-electron chi connectivity index (χ3n) is 4.74. The molecule has 0 amide bonds. The summed E-state index contributed by atoms with van der Waals surface area (Å²) in [5.74, 6) is 0. The molecule has 1 aliphatic rings. The molecule has 0 radical (unpaired) electrons. The van der Waals surface area contributed by atoms with Crippen molar-refractivity contribution in [3.8, 4) is 5.69 Å². The second kappa shape index (κ2) is 4.74. The number of benzene rings is 1. The Hall–Kier alpha value is -1.54. The number of rotatable bonds is 1. The molecule has 21 heavy (non-hydrogen) atoms. The minimum atomic E-state index is 0.161. The molecule has 2 aromatic rings. The van der Waals surface area contributed by atoms with E-state index >= 15 is 0 Å². The van der Waals surface area contributed by atoms with Gasteiger partial charge in [-0.3, -0.25) is 0 Å². The van der Waals surface area contributed by atoms with E-state index < -0.39 is 0 Å². The fraction of sp³-hybridized carbons (Fsp3) is 0.474. The summed E-state index contributed by atoms with van der Waals surface area (Å²) in [6.45, 7) is 11.2. The van der Waals surface area contributed by atoms with Crippen LogP contribution in [0.3, 0.4) is 0 Å². The van der Waals surface area contributed by atoms with Gasteiger partial charge in [0.15, 0.2) is 0 Å². The Bertz CT molecular complexity index is 692. The van der Waals surface area contributed by atoms with Gasteiger partial charge in [-0.25, -0.2) is 0 Å². The second-order valence-electron chi connectivity index (χ2n) is 7.46. The molecule has 0 fully saturated rings. The summed E-state index contributed by atoms with van der Waals surface area (Å²) in [6.07, 6.45) is 2.16. The van der Waals surface area contributed by atoms with Crippen LogP contribution in [-0.2, 0) is 6.42 Å². The maximum atomic E-state index is 6.44. The minimum Gasteiger partial charge on any atom is -0.324 e. The van der Waals surface area contributed by atoms with Crippen molar-refractivity contribution >= 4 is 0 Å². The van der Waals surface area contributed by atoms with Crippen molar-refractivity contribution in [2.75, 3.05) is 0 Å². The smallest absolute Gasteiger partial charge is 0.0486 e. The summed E-state index contributed by atoms with van der Waals surface area (Å²) in [4.78, 5) is 0. The summed E-state index contributed by atoms with van der Waals surface area (Å²) in [7, 11) is 0. The Balaban J connectivity index is 2.23. The lowest BCUT2D eigenvalue weighted by Gasteiger charge is -2.34. The SMILES string of the molecule is Cc1ccc(C)c(-n2c(C)cc3c2CC(C)(C)CC3N)c1. The highest BCUT2D eigenvalue weighted by molar-refractivity contribution is 5.49. The van der Waals surface area contributed by atoms with E-state index in [1.54, 1.807) is 0 Å². The standard InChI is InChI=1S/C19H26N2/c1-12-6-7-13(2)17(8-12)21-14(3)9-15-16(20)10-19(4,5)11-18(15)21/h6-9,16H,10-11,20H2,1-5H3. The van der Waals surface area contributed by atoms with E-state index in [1.807, 2.05) is 0 Å². The van der Waals surface area contributed by atoms with Crippen LogP contribution in [0.5, 0.6) is 0 Å². The first-order valence-electron chi connectivity index (χ1n) is 7.83. The van der Waals surface area contributed by atoms with E-state index in [1.165, 1.54) is 33.8 Å². The summed E-state index contributed by atoms with van der Waals surface area (Å²) in [5.41, 5.74) is 14.7. The molecule has 1 unspecified atom stereocenters. The third-order valence-corrected chi connectivity index (χ3v) is 4.74. The number of nitrogens with zero attached hydrogens (tertiary/aromatic N) is 1. The third kappa shape index (κ3) is 2.42. The van der Waals surface area contributed by atoms with Gasteiger partial charge >= 0.3 is 0 Å². The summed E-state index contributed by atoms with van der Waals surface area (Å²) < 4.78 is 2.43. The molecular formula is C19H26N2. The van der Waals surface area contributed by atoms with Crippen LogP contribution in [0.15, 0.2) is 24.3 Å². The molecule has 2 heteroatoms. The van der Waals surface area contributed by atoms with Gasteiger partial charge in [-0.15, -0.1) is 0 Å². The van der Waals surface area contributed by atoms with Crippen LogP contribution in [0.4, 0.5) is 0 Å². The van der Waals surface area contributed by atoms with Gasteiger partial charge in [-0.2, -0.15) is 0 Å². The summed E-state index contributed by atoms with van der Waals surface area (Å²) in [5, 5.41) is 0. The van der Waals surface area contributed by atoms with E-state index in [4.69, 9.17) is 5.73 Å². The van der Waals surface area contributed by atoms with Crippen molar-refractivity contribution in [2.24, 2.45) is 11.1 Å². The lowest BCUT2D eigenvalue weighted by Crippen LogP contribution is -2.30. The molecular weight excluding hydrogens is 256 g/mol. The predicted molar refractivity (Wildman–Crippen MR) is 89.0 cm³/mol. The lowest BCUT2D eigenvalue weighted by molar-refractivity contribution is 0.278. The predicted octanol–water partition coefficient (Wildman–Crippen LogP) is 4.37. The minimum absolute atomic E-state index is 0.161. The first-order chi connectivity index (χ1) is 9.78. The zero-order chi connectivity index (χ0) is 15.4. The fourth-order valence-electron chi connectivity index (χ4n) is 3.74. The van der Waals surface area contributed by atoms with Gasteiger partial charge in [0, 0.05) is 23.1 Å². The van der Waals surface area contributed by atoms with Gasteiger partial charge in [0.1, 0.15) is 0 Å². The first-order valence-corrected chi connectivity index (χ1v) is 7.83. The Morgan fingerprint density at radius 2 is 1.86 bits per heavy atom. The van der Waals surface area contributed by atoms with Crippen LogP contribution in [0, 0.1) is 26.2 Å². The van der Waals surface area contributed by atoms with Crippen molar-refractivity contribution in [3.05, 3.63) is 52.3 Å². The van der Waals surface area contributed by atoms with Gasteiger partial charge in [-0.1, -0.05) is 26.0 Å². The lowest BCUT2D eigenvalue weighted by atomic mass is 9.74. The Morgan fingerprint density at radius 3 is 2.57 bits per heavy atom. The zero-order valence-corrected chi connectivity index (χ0v) is 13.8. The quantitative estimate of drug-likeness (QED) is 0.827. The van der Waals surface area contributed by atoms with Crippen LogP contribution in [0.2, 0.25) is 0 Å². The van der Waals surface area contributed by atoms with E-state index in [0.29, 0.717) is 0 Å². The Labute approximate surface area is 128 Å². The highest BCUT2D eigenvalue weighted by Gasteiger charge is 2.33. The largest absolute Gasteiger partial charge is 0.324 e. The Kier molecular flexibility index (Phi) is 3.25. The zero-order valence-electron chi connectivity index (χ0n) is 13.8. The number of aromatic nitrogens is 1. The van der Waals surface area contributed by atoms with E-state index in [0.717, 1.165) is 12.8 Å². The molecule has 2 N–H and O–H groups in total. The molecule has 0 spiro atoms. The number of hydrogen-bond acceptors (Lipinski definition) is 1. The number of fused-ring (bicyclic) bond motifs is 1. The Morgan fingerprint density at radius 1 is 1.14 bits per heavy atom. The molecule has 0 saturated heterocycles. The van der Waals surface area contributed by atoms with Crippen molar-refractivity contribution in [2.45, 2.75) is 53.5 Å². The average molecular weight is 282 g/mol. The highest BCUT2D eigenvalue weighted by atomic mass is 15.0. The molecule has 112 valence electrons. The highest BCUT2D eigenvalue weighted by Crippen LogP contribution is 2.42. The molecule has 1 atom stereocenters. The molecule has 1 heterocycles. The van der Waals surface area contributed by atoms with E-state index in [9.17, 15) is 0 Å². The van der Waals surface area contributed by atoms with Gasteiger partial charge in [0.05, 0.1) is 0 Å². The van der Waals surface area contributed by atoms with Gasteiger partial charge in [0.2, 0.25) is 0 Å². The van der Waals surface area contributed by atoms with E-state index in [-0.39, 0.29) is 11.5 Å². The average Bonchev–Trinajstić information content (AvgIpc) is 2.68. The maximum Gasteiger partial charge on any atom is 0.0486 e. The maximum absolute atomic E-state index is 6.44. The van der Waals surface area contributed by atoms with Crippen LogP contribution in [0.1, 0.15) is 54.4 Å². The van der Waals surface area contributed by atoms with Crippen molar-refractivity contribution < 1.29 is 0 Å². The number of aryl methyl sites for hydroxylation is 3. The monoisotopic (exact) mass is 282 g/mol. The molecule has 0 bridgehead atoms. The molecule has 0 aliphatic heterocycles. The molecule has 1 aromatic heterocycles. The number of hydrogen-bond donors (Lipinski definition) is 1. The second-order valence-corrected chi connectivity index (χ2v) is 7.46. The fourth-order valence-corrected chi connectivity index (χ4v) is 3.74. The normalized spacial score (nSPS) is 20.4. The van der Waals surface area contributed by atoms with Crippen LogP contribution in [-0.4, -0.2) is 4.57 Å². The molecule has 3 rings (SSSR count). The van der Waals surface area contributed by atoms with Crippen molar-refractivity contribution in [1.29, 1.82) is 0 Å². The molecule has 1 aliphatic carbocycles. The van der Waals surface area contributed by atoms with Crippen molar-refractivity contribution in [3.63, 3.8) is 0 Å². The summed E-state index contributed by atoms with van der Waals surface area (Å²) >= 11 is 0. The van der Waals surface area contributed by atoms with Crippen LogP contribution >= 0.6 is 0 Å². The topological polar surface area (TPSA) is 30.9 Å². The first kappa shape index (κ1) is 14.4. The van der Waals surface area contributed by atoms with Crippen LogP contribution < -0.4 is 5.73 Å².